The van der Waals surface area contributed by atoms with Gasteiger partial charge in [-0.05, 0) is 30.2 Å². The fourth-order valence-electron chi connectivity index (χ4n) is 2.09. The molecule has 0 unspecified atom stereocenters. The molecular formula is C14H13ClN4O. The van der Waals surface area contributed by atoms with Gasteiger partial charge in [0, 0.05) is 11.6 Å². The van der Waals surface area contributed by atoms with Crippen LogP contribution in [0.15, 0.2) is 36.7 Å². The molecule has 0 spiro atoms. The number of nitrogen functional groups attached to an aromatic ring is 1. The monoisotopic (exact) mass is 288 g/mol. The van der Waals surface area contributed by atoms with Crippen LogP contribution in [-0.4, -0.2) is 19.6 Å². The Kier molecular flexibility index (Phi) is 3.20. The van der Waals surface area contributed by atoms with Crippen molar-refractivity contribution in [2.24, 2.45) is 0 Å². The highest BCUT2D eigenvalue weighted by Crippen LogP contribution is 2.30. The molecule has 20 heavy (non-hydrogen) atoms. The highest BCUT2D eigenvalue weighted by molar-refractivity contribution is 6.30. The molecule has 0 aromatic heterocycles. The Morgan fingerprint density at radius 1 is 1.25 bits per heavy atom. The number of hydrogen-bond donors (Lipinski definition) is 2. The number of nitrogens with zero attached hydrogens (tertiary/aromatic N) is 3. The number of anilines is 1. The van der Waals surface area contributed by atoms with Gasteiger partial charge in [0.25, 0.3) is 0 Å². The van der Waals surface area contributed by atoms with Gasteiger partial charge in [0.05, 0.1) is 11.9 Å². The van der Waals surface area contributed by atoms with E-state index in [1.54, 1.807) is 17.0 Å². The van der Waals surface area contributed by atoms with E-state index in [0.29, 0.717) is 28.8 Å². The third-order valence-electron chi connectivity index (χ3n) is 3.16. The van der Waals surface area contributed by atoms with Gasteiger partial charge in [0.2, 0.25) is 5.88 Å². The van der Waals surface area contributed by atoms with Gasteiger partial charge >= 0.3 is 0 Å². The van der Waals surface area contributed by atoms with Crippen LogP contribution in [0.5, 0.6) is 5.88 Å². The Bertz CT molecular complexity index is 708. The summed E-state index contributed by atoms with van der Waals surface area (Å²) < 4.78 is 1.68. The van der Waals surface area contributed by atoms with Gasteiger partial charge in [-0.25, -0.2) is 9.97 Å². The van der Waals surface area contributed by atoms with Crippen molar-refractivity contribution in [3.8, 4) is 17.3 Å². The van der Waals surface area contributed by atoms with Crippen LogP contribution in [0.2, 0.25) is 5.02 Å². The molecule has 0 bridgehead atoms. The summed E-state index contributed by atoms with van der Waals surface area (Å²) in [6, 6.07) is 9.26. The number of benzene rings is 1. The van der Waals surface area contributed by atoms with Crippen LogP contribution in [0.4, 0.5) is 5.82 Å². The maximum Gasteiger partial charge on any atom is 0.203 e. The van der Waals surface area contributed by atoms with Crippen LogP contribution >= 0.6 is 11.6 Å². The Hall–Kier alpha value is -2.27. The number of aryl methyl sites for hydroxylation is 2. The Labute approximate surface area is 121 Å². The van der Waals surface area contributed by atoms with Gasteiger partial charge < -0.3 is 15.4 Å². The average molecular weight is 289 g/mol. The van der Waals surface area contributed by atoms with E-state index < -0.39 is 0 Å². The molecule has 5 nitrogen and oxygen atoms in total. The summed E-state index contributed by atoms with van der Waals surface area (Å²) in [5.74, 6) is 0.953. The Morgan fingerprint density at radius 3 is 2.75 bits per heavy atom. The molecule has 1 aromatic rings. The van der Waals surface area contributed by atoms with Gasteiger partial charge in [-0.3, -0.25) is 0 Å². The maximum absolute atomic E-state index is 10.2. The number of nitrogens with two attached hydrogens (primary N) is 1. The minimum atomic E-state index is 0.133. The van der Waals surface area contributed by atoms with E-state index in [9.17, 15) is 5.11 Å². The topological polar surface area (TPSA) is 77.0 Å². The first-order valence-electron chi connectivity index (χ1n) is 6.18. The number of hydrogen-bond acceptors (Lipinski definition) is 4. The van der Waals surface area contributed by atoms with Gasteiger partial charge in [-0.1, -0.05) is 23.7 Å². The standard InChI is InChI=1S/C14H13ClN4O/c15-10-3-1-9(2-4-10)5-6-19-8-17-13-11(14(19)20)7-12(16)18-13/h1-4,7-8,20H,5-6,16H2. The summed E-state index contributed by atoms with van der Waals surface area (Å²) in [6.45, 7) is 0.613. The molecule has 0 amide bonds. The zero-order chi connectivity index (χ0) is 14.1. The molecule has 0 atom stereocenters. The van der Waals surface area contributed by atoms with Crippen molar-refractivity contribution >= 4 is 17.4 Å². The van der Waals surface area contributed by atoms with E-state index in [1.807, 2.05) is 24.3 Å². The number of aromatic hydroxyl groups is 1. The molecule has 6 heteroatoms. The second-order valence-corrected chi connectivity index (χ2v) is 4.99. The van der Waals surface area contributed by atoms with Crippen molar-refractivity contribution < 1.29 is 5.11 Å². The zero-order valence-corrected chi connectivity index (χ0v) is 11.4. The summed E-state index contributed by atoms with van der Waals surface area (Å²) in [6.07, 6.45) is 2.34. The summed E-state index contributed by atoms with van der Waals surface area (Å²) >= 11 is 5.85. The summed E-state index contributed by atoms with van der Waals surface area (Å²) in [5.41, 5.74) is 7.32. The smallest absolute Gasteiger partial charge is 0.203 e. The van der Waals surface area contributed by atoms with E-state index in [-0.39, 0.29) is 5.88 Å². The SMILES string of the molecule is Nc1cc2c(O)n(CCc3ccc(Cl)cc3)cnc-2n1. The maximum atomic E-state index is 10.2. The average Bonchev–Trinajstić information content (AvgIpc) is 2.81. The number of halogens is 1. The lowest BCUT2D eigenvalue weighted by molar-refractivity contribution is 0.410. The van der Waals surface area contributed by atoms with Crippen LogP contribution in [0, 0.1) is 0 Å². The van der Waals surface area contributed by atoms with Gasteiger partial charge in [-0.15, -0.1) is 0 Å². The molecule has 1 aromatic carbocycles. The highest BCUT2D eigenvalue weighted by atomic mass is 35.5. The normalized spacial score (nSPS) is 11.1. The van der Waals surface area contributed by atoms with Crippen LogP contribution in [-0.2, 0) is 13.0 Å². The van der Waals surface area contributed by atoms with Crippen molar-refractivity contribution in [1.82, 2.24) is 14.5 Å². The molecule has 2 aliphatic heterocycles. The van der Waals surface area contributed by atoms with Crippen LogP contribution < -0.4 is 5.73 Å². The molecule has 2 aliphatic rings. The van der Waals surface area contributed by atoms with Gasteiger partial charge in [0.15, 0.2) is 5.82 Å². The van der Waals surface area contributed by atoms with Gasteiger partial charge in [-0.2, -0.15) is 0 Å². The summed E-state index contributed by atoms with van der Waals surface area (Å²) in [7, 11) is 0. The first-order chi connectivity index (χ1) is 9.63. The minimum absolute atomic E-state index is 0.133. The third kappa shape index (κ3) is 2.40. The molecule has 0 saturated carbocycles. The quantitative estimate of drug-likeness (QED) is 0.776. The second-order valence-electron chi connectivity index (χ2n) is 4.56. The molecule has 2 heterocycles. The van der Waals surface area contributed by atoms with E-state index in [4.69, 9.17) is 17.3 Å². The molecule has 0 saturated heterocycles. The molecule has 3 rings (SSSR count). The van der Waals surface area contributed by atoms with E-state index in [2.05, 4.69) is 9.97 Å². The van der Waals surface area contributed by atoms with Crippen LogP contribution in [0.1, 0.15) is 5.56 Å². The van der Waals surface area contributed by atoms with Gasteiger partial charge in [0.1, 0.15) is 5.82 Å². The molecule has 102 valence electrons. The highest BCUT2D eigenvalue weighted by Gasteiger charge is 2.15. The van der Waals surface area contributed by atoms with Crippen molar-refractivity contribution in [2.45, 2.75) is 13.0 Å². The number of aromatic nitrogens is 3. The fraction of sp³-hybridized carbons (Fsp3) is 0.143. The second kappa shape index (κ2) is 5.02. The molecule has 0 aliphatic carbocycles. The fourth-order valence-corrected chi connectivity index (χ4v) is 2.21. The first kappa shape index (κ1) is 12.7. The third-order valence-corrected chi connectivity index (χ3v) is 3.41. The van der Waals surface area contributed by atoms with Crippen molar-refractivity contribution in [1.29, 1.82) is 0 Å². The molecule has 0 fully saturated rings. The molecular weight excluding hydrogens is 276 g/mol. The lowest BCUT2D eigenvalue weighted by atomic mass is 10.1. The summed E-state index contributed by atoms with van der Waals surface area (Å²) in [4.78, 5) is 8.20. The first-order valence-corrected chi connectivity index (χ1v) is 6.56. The Morgan fingerprint density at radius 2 is 2.00 bits per heavy atom. The van der Waals surface area contributed by atoms with Crippen LogP contribution in [0.25, 0.3) is 11.4 Å². The van der Waals surface area contributed by atoms with E-state index in [0.717, 1.165) is 12.0 Å². The van der Waals surface area contributed by atoms with E-state index in [1.165, 1.54) is 0 Å². The zero-order valence-electron chi connectivity index (χ0n) is 10.6. The minimum Gasteiger partial charge on any atom is -0.494 e. The lowest BCUT2D eigenvalue weighted by Gasteiger charge is -2.11. The molecule has 0 radical (unpaired) electrons. The summed E-state index contributed by atoms with van der Waals surface area (Å²) in [5, 5.41) is 10.9. The molecule has 3 N–H and O–H groups in total. The number of rotatable bonds is 3. The van der Waals surface area contributed by atoms with Crippen LogP contribution in [0.3, 0.4) is 0 Å². The van der Waals surface area contributed by atoms with Crippen molar-refractivity contribution in [2.75, 3.05) is 5.73 Å². The largest absolute Gasteiger partial charge is 0.494 e. The van der Waals surface area contributed by atoms with Crippen molar-refractivity contribution in [3.05, 3.63) is 47.2 Å². The predicted octanol–water partition coefficient (Wildman–Crippen LogP) is 2.57. The Balaban J connectivity index is 1.82. The predicted molar refractivity (Wildman–Crippen MR) is 77.9 cm³/mol. The number of fused-ring (bicyclic) bond motifs is 1. The van der Waals surface area contributed by atoms with Crippen molar-refractivity contribution in [3.63, 3.8) is 0 Å². The van der Waals surface area contributed by atoms with E-state index >= 15 is 0 Å². The lowest BCUT2D eigenvalue weighted by Crippen LogP contribution is -2.05.